The Labute approximate surface area is 293 Å². The van der Waals surface area contributed by atoms with E-state index in [0.29, 0.717) is 12.8 Å². The van der Waals surface area contributed by atoms with Gasteiger partial charge in [-0.05, 0) is 12.8 Å². The first kappa shape index (κ1) is 45.9. The zero-order valence-corrected chi connectivity index (χ0v) is 31.8. The summed E-state index contributed by atoms with van der Waals surface area (Å²) in [5.74, 6) is -0.573. The quantitative estimate of drug-likeness (QED) is 0.0522. The Balaban J connectivity index is 3.46. The summed E-state index contributed by atoms with van der Waals surface area (Å²) in [5.41, 5.74) is 0. The van der Waals surface area contributed by atoms with Crippen molar-refractivity contribution in [2.45, 2.75) is 245 Å². The molecule has 47 heavy (non-hydrogen) atoms. The number of aliphatic hydroxyl groups excluding tert-OH is 1. The Morgan fingerprint density at radius 2 is 0.660 bits per heavy atom. The smallest absolute Gasteiger partial charge is 0.306 e. The van der Waals surface area contributed by atoms with E-state index in [0.717, 1.165) is 32.1 Å². The van der Waals surface area contributed by atoms with Crippen LogP contribution in [0.3, 0.4) is 0 Å². The molecule has 0 bridgehead atoms. The standard InChI is InChI=1S/C42H82O5/c1-3-5-7-9-11-13-15-17-19-20-21-22-23-25-26-28-30-32-34-36-41(44)46-39-40(38-43)47-42(45)37-35-33-31-29-27-24-18-16-14-12-10-8-6-4-2/h40,43H,3-39H2,1-2H3/t40-/m0/s1. The second kappa shape index (κ2) is 39.3. The van der Waals surface area contributed by atoms with E-state index in [9.17, 15) is 14.7 Å². The summed E-state index contributed by atoms with van der Waals surface area (Å²) in [6, 6.07) is 0. The molecule has 0 rings (SSSR count). The summed E-state index contributed by atoms with van der Waals surface area (Å²) in [4.78, 5) is 24.3. The lowest BCUT2D eigenvalue weighted by Crippen LogP contribution is -2.28. The normalized spacial score (nSPS) is 12.0. The molecule has 0 aromatic rings. The van der Waals surface area contributed by atoms with Crippen molar-refractivity contribution in [3.05, 3.63) is 0 Å². The minimum absolute atomic E-state index is 0.0566. The van der Waals surface area contributed by atoms with Crippen LogP contribution in [0.25, 0.3) is 0 Å². The van der Waals surface area contributed by atoms with E-state index < -0.39 is 6.10 Å². The average Bonchev–Trinajstić information content (AvgIpc) is 3.07. The van der Waals surface area contributed by atoms with Crippen LogP contribution in [0.5, 0.6) is 0 Å². The van der Waals surface area contributed by atoms with Gasteiger partial charge in [-0.1, -0.05) is 213 Å². The van der Waals surface area contributed by atoms with Crippen molar-refractivity contribution >= 4 is 11.9 Å². The van der Waals surface area contributed by atoms with E-state index in [4.69, 9.17) is 9.47 Å². The molecule has 5 heteroatoms. The number of carbonyl (C=O) groups excluding carboxylic acids is 2. The van der Waals surface area contributed by atoms with Crippen molar-refractivity contribution in [3.63, 3.8) is 0 Å². The van der Waals surface area contributed by atoms with Gasteiger partial charge in [0.2, 0.25) is 0 Å². The van der Waals surface area contributed by atoms with Gasteiger partial charge in [0.25, 0.3) is 0 Å². The molecule has 0 heterocycles. The second-order valence-electron chi connectivity index (χ2n) is 14.4. The first-order chi connectivity index (χ1) is 23.1. The van der Waals surface area contributed by atoms with Gasteiger partial charge in [0.05, 0.1) is 6.61 Å². The fourth-order valence-corrected chi connectivity index (χ4v) is 6.44. The van der Waals surface area contributed by atoms with Gasteiger partial charge in [-0.15, -0.1) is 0 Å². The molecular formula is C42H82O5. The third kappa shape index (κ3) is 37.6. The largest absolute Gasteiger partial charge is 0.462 e. The molecule has 0 amide bonds. The molecule has 0 aliphatic heterocycles. The lowest BCUT2D eigenvalue weighted by molar-refractivity contribution is -0.161. The number of carbonyl (C=O) groups is 2. The van der Waals surface area contributed by atoms with Gasteiger partial charge in [0, 0.05) is 12.8 Å². The van der Waals surface area contributed by atoms with Gasteiger partial charge in [-0.3, -0.25) is 9.59 Å². The fourth-order valence-electron chi connectivity index (χ4n) is 6.44. The second-order valence-corrected chi connectivity index (χ2v) is 14.4. The van der Waals surface area contributed by atoms with Crippen LogP contribution in [0.2, 0.25) is 0 Å². The predicted octanol–water partition coefficient (Wildman–Crippen LogP) is 13.1. The van der Waals surface area contributed by atoms with Crippen LogP contribution in [-0.4, -0.2) is 36.4 Å². The van der Waals surface area contributed by atoms with Crippen molar-refractivity contribution in [2.24, 2.45) is 0 Å². The first-order valence-electron chi connectivity index (χ1n) is 21.1. The maximum atomic E-state index is 12.2. The number of unbranched alkanes of at least 4 members (excludes halogenated alkanes) is 31. The summed E-state index contributed by atoms with van der Waals surface area (Å²) in [7, 11) is 0. The van der Waals surface area contributed by atoms with Gasteiger partial charge in [0.1, 0.15) is 6.61 Å². The molecule has 0 aromatic heterocycles. The van der Waals surface area contributed by atoms with Crippen LogP contribution in [0.15, 0.2) is 0 Å². The molecule has 0 aliphatic rings. The number of aliphatic hydroxyl groups is 1. The Bertz CT molecular complexity index is 637. The van der Waals surface area contributed by atoms with E-state index in [2.05, 4.69) is 13.8 Å². The molecule has 0 spiro atoms. The van der Waals surface area contributed by atoms with Crippen molar-refractivity contribution < 1.29 is 24.2 Å². The number of hydrogen-bond acceptors (Lipinski definition) is 5. The number of ether oxygens (including phenoxy) is 2. The minimum atomic E-state index is -0.761. The summed E-state index contributed by atoms with van der Waals surface area (Å²) < 4.78 is 10.6. The SMILES string of the molecule is CCCCCCCCCCCCCCCCCCCCCC(=O)OC[C@H](CO)OC(=O)CCCCCCCCCCCCCCCC. The van der Waals surface area contributed by atoms with Gasteiger partial charge >= 0.3 is 11.9 Å². The number of hydrogen-bond donors (Lipinski definition) is 1. The fraction of sp³-hybridized carbons (Fsp3) is 0.952. The molecule has 280 valence electrons. The number of rotatable bonds is 39. The maximum absolute atomic E-state index is 12.2. The summed E-state index contributed by atoms with van der Waals surface area (Å²) >= 11 is 0. The molecule has 0 aliphatic carbocycles. The number of esters is 2. The van der Waals surface area contributed by atoms with E-state index >= 15 is 0 Å². The monoisotopic (exact) mass is 667 g/mol. The third-order valence-corrected chi connectivity index (χ3v) is 9.65. The topological polar surface area (TPSA) is 72.8 Å². The molecule has 0 aromatic carbocycles. The predicted molar refractivity (Wildman–Crippen MR) is 201 cm³/mol. The van der Waals surface area contributed by atoms with Gasteiger partial charge in [0.15, 0.2) is 6.10 Å². The first-order valence-corrected chi connectivity index (χ1v) is 21.1. The highest BCUT2D eigenvalue weighted by Gasteiger charge is 2.16. The zero-order valence-electron chi connectivity index (χ0n) is 31.8. The Kier molecular flexibility index (Phi) is 38.4. The molecule has 0 radical (unpaired) electrons. The van der Waals surface area contributed by atoms with Crippen LogP contribution in [0.4, 0.5) is 0 Å². The Morgan fingerprint density at radius 3 is 0.936 bits per heavy atom. The molecule has 1 atom stereocenters. The van der Waals surface area contributed by atoms with Crippen LogP contribution in [0.1, 0.15) is 239 Å². The van der Waals surface area contributed by atoms with E-state index in [1.807, 2.05) is 0 Å². The van der Waals surface area contributed by atoms with Crippen LogP contribution in [-0.2, 0) is 19.1 Å². The van der Waals surface area contributed by atoms with Crippen molar-refractivity contribution in [1.82, 2.24) is 0 Å². The molecule has 0 saturated heterocycles. The summed E-state index contributed by atoms with van der Waals surface area (Å²) in [6.07, 6.45) is 43.1. The molecular weight excluding hydrogens is 584 g/mol. The van der Waals surface area contributed by atoms with E-state index in [1.165, 1.54) is 180 Å². The molecule has 0 unspecified atom stereocenters. The lowest BCUT2D eigenvalue weighted by atomic mass is 10.0. The van der Waals surface area contributed by atoms with E-state index in [-0.39, 0.29) is 25.2 Å². The summed E-state index contributed by atoms with van der Waals surface area (Å²) in [6.45, 7) is 4.17. The molecule has 5 nitrogen and oxygen atoms in total. The lowest BCUT2D eigenvalue weighted by Gasteiger charge is -2.15. The molecule has 1 N–H and O–H groups in total. The van der Waals surface area contributed by atoms with Gasteiger partial charge in [-0.25, -0.2) is 0 Å². The highest BCUT2D eigenvalue weighted by Crippen LogP contribution is 2.16. The molecule has 0 fully saturated rings. The van der Waals surface area contributed by atoms with Crippen molar-refractivity contribution in [1.29, 1.82) is 0 Å². The Morgan fingerprint density at radius 1 is 0.404 bits per heavy atom. The minimum Gasteiger partial charge on any atom is -0.462 e. The van der Waals surface area contributed by atoms with Crippen LogP contribution >= 0.6 is 0 Å². The molecule has 0 saturated carbocycles. The van der Waals surface area contributed by atoms with Crippen LogP contribution < -0.4 is 0 Å². The third-order valence-electron chi connectivity index (χ3n) is 9.65. The highest BCUT2D eigenvalue weighted by molar-refractivity contribution is 5.70. The summed E-state index contributed by atoms with van der Waals surface area (Å²) in [5, 5.41) is 9.56. The zero-order chi connectivity index (χ0) is 34.3. The van der Waals surface area contributed by atoms with E-state index in [1.54, 1.807) is 0 Å². The van der Waals surface area contributed by atoms with Gasteiger partial charge in [-0.2, -0.15) is 0 Å². The van der Waals surface area contributed by atoms with Crippen molar-refractivity contribution in [3.8, 4) is 0 Å². The van der Waals surface area contributed by atoms with Crippen molar-refractivity contribution in [2.75, 3.05) is 13.2 Å². The maximum Gasteiger partial charge on any atom is 0.306 e. The average molecular weight is 667 g/mol. The Hall–Kier alpha value is -1.10. The highest BCUT2D eigenvalue weighted by atomic mass is 16.6. The van der Waals surface area contributed by atoms with Gasteiger partial charge < -0.3 is 14.6 Å². The van der Waals surface area contributed by atoms with Crippen LogP contribution in [0, 0.1) is 0 Å².